The maximum atomic E-state index is 4.83. The van der Waals surface area contributed by atoms with Crippen molar-refractivity contribution in [1.82, 2.24) is 10.7 Å². The molecule has 0 amide bonds. The largest absolute Gasteiger partial charge is 0.365 e. The van der Waals surface area contributed by atoms with Crippen LogP contribution in [0.3, 0.4) is 0 Å². The van der Waals surface area contributed by atoms with Crippen LogP contribution >= 0.6 is 20.1 Å². The minimum absolute atomic E-state index is 0.446. The fourth-order valence-electron chi connectivity index (χ4n) is 2.25. The Balaban J connectivity index is 0.000000326. The second kappa shape index (κ2) is 10.6. The van der Waals surface area contributed by atoms with E-state index in [4.69, 9.17) is 5.84 Å². The van der Waals surface area contributed by atoms with E-state index in [1.54, 1.807) is 7.05 Å². The second-order valence-electron chi connectivity index (χ2n) is 5.07. The molecule has 0 atom stereocenters. The molecule has 0 aliphatic heterocycles. The van der Waals surface area contributed by atoms with Gasteiger partial charge in [-0.25, -0.2) is 5.84 Å². The SMILES string of the molecule is CNC(=S)NN.c1ccc(P(c2ccccc2)c2ccccc2)cc1. The molecular weight excluding hydrogens is 345 g/mol. The van der Waals surface area contributed by atoms with E-state index < -0.39 is 7.92 Å². The van der Waals surface area contributed by atoms with Gasteiger partial charge in [-0.1, -0.05) is 91.0 Å². The Labute approximate surface area is 156 Å². The average Bonchev–Trinajstić information content (AvgIpc) is 2.70. The Kier molecular flexibility index (Phi) is 8.06. The Morgan fingerprint density at radius 1 is 0.720 bits per heavy atom. The van der Waals surface area contributed by atoms with Crippen molar-refractivity contribution in [2.24, 2.45) is 5.84 Å². The fraction of sp³-hybridized carbons (Fsp3) is 0.0500. The van der Waals surface area contributed by atoms with Crippen LogP contribution in [0.4, 0.5) is 0 Å². The number of rotatable bonds is 3. The van der Waals surface area contributed by atoms with Crippen LogP contribution in [0.25, 0.3) is 0 Å². The lowest BCUT2D eigenvalue weighted by molar-refractivity contribution is 0.976. The highest BCUT2D eigenvalue weighted by Gasteiger charge is 2.14. The molecule has 128 valence electrons. The molecule has 0 fully saturated rings. The highest BCUT2D eigenvalue weighted by molar-refractivity contribution is 7.80. The fourth-order valence-corrected chi connectivity index (χ4v) is 4.56. The van der Waals surface area contributed by atoms with Crippen molar-refractivity contribution < 1.29 is 0 Å². The number of hydrazine groups is 1. The molecule has 0 aliphatic carbocycles. The van der Waals surface area contributed by atoms with Gasteiger partial charge in [0.1, 0.15) is 0 Å². The molecule has 0 bridgehead atoms. The van der Waals surface area contributed by atoms with E-state index in [9.17, 15) is 0 Å². The molecule has 0 heterocycles. The molecule has 0 saturated carbocycles. The van der Waals surface area contributed by atoms with Gasteiger partial charge in [0.2, 0.25) is 0 Å². The van der Waals surface area contributed by atoms with E-state index in [2.05, 4.69) is 114 Å². The van der Waals surface area contributed by atoms with Crippen molar-refractivity contribution >= 4 is 41.2 Å². The summed E-state index contributed by atoms with van der Waals surface area (Å²) in [4.78, 5) is 0. The van der Waals surface area contributed by atoms with Crippen LogP contribution in [-0.2, 0) is 0 Å². The number of hydrogen-bond donors (Lipinski definition) is 3. The third kappa shape index (κ3) is 5.95. The van der Waals surface area contributed by atoms with Crippen LogP contribution in [0, 0.1) is 0 Å². The third-order valence-corrected chi connectivity index (χ3v) is 6.17. The second-order valence-corrected chi connectivity index (χ2v) is 7.69. The van der Waals surface area contributed by atoms with Crippen molar-refractivity contribution in [3.63, 3.8) is 0 Å². The Hall–Kier alpha value is -2.26. The molecule has 3 nitrogen and oxygen atoms in total. The van der Waals surface area contributed by atoms with Gasteiger partial charge in [0.25, 0.3) is 0 Å². The Bertz CT molecular complexity index is 652. The zero-order chi connectivity index (χ0) is 17.9. The number of nitrogens with two attached hydrogens (primary N) is 1. The summed E-state index contributed by atoms with van der Waals surface area (Å²) in [5, 5.41) is 7.26. The summed E-state index contributed by atoms with van der Waals surface area (Å²) in [6, 6.07) is 32.3. The molecule has 5 heteroatoms. The van der Waals surface area contributed by atoms with Crippen LogP contribution in [0.15, 0.2) is 91.0 Å². The van der Waals surface area contributed by atoms with E-state index in [1.165, 1.54) is 15.9 Å². The van der Waals surface area contributed by atoms with Crippen LogP contribution < -0.4 is 32.5 Å². The van der Waals surface area contributed by atoms with Crippen LogP contribution in [0.1, 0.15) is 0 Å². The molecule has 0 aromatic heterocycles. The summed E-state index contributed by atoms with van der Waals surface area (Å²) in [5.41, 5.74) is 2.23. The lowest BCUT2D eigenvalue weighted by Crippen LogP contribution is -2.37. The third-order valence-electron chi connectivity index (χ3n) is 3.40. The number of hydrogen-bond acceptors (Lipinski definition) is 2. The standard InChI is InChI=1S/C18H15P.C2H7N3S/c1-4-10-16(11-5-1)19(17-12-6-2-7-13-17)18-14-8-3-9-15-18;1-4-2(6)5-3/h1-15H;3H2,1H3,(H2,4,5,6). The van der Waals surface area contributed by atoms with Crippen molar-refractivity contribution in [3.8, 4) is 0 Å². The first-order chi connectivity index (χ1) is 12.3. The van der Waals surface area contributed by atoms with Crippen LogP contribution in [-0.4, -0.2) is 12.2 Å². The van der Waals surface area contributed by atoms with Crippen LogP contribution in [0.5, 0.6) is 0 Å². The molecule has 3 aromatic carbocycles. The van der Waals surface area contributed by atoms with E-state index in [-0.39, 0.29) is 0 Å². The Morgan fingerprint density at radius 2 is 1.04 bits per heavy atom. The lowest BCUT2D eigenvalue weighted by Gasteiger charge is -2.18. The van der Waals surface area contributed by atoms with E-state index in [0.717, 1.165) is 0 Å². The maximum Gasteiger partial charge on any atom is 0.180 e. The maximum absolute atomic E-state index is 4.83. The summed E-state index contributed by atoms with van der Waals surface area (Å²) >= 11 is 4.51. The van der Waals surface area contributed by atoms with Crippen molar-refractivity contribution in [3.05, 3.63) is 91.0 Å². The summed E-state index contributed by atoms with van der Waals surface area (Å²) in [6.45, 7) is 0. The summed E-state index contributed by atoms with van der Waals surface area (Å²) in [5.74, 6) is 4.83. The topological polar surface area (TPSA) is 50.1 Å². The minimum atomic E-state index is -0.446. The summed E-state index contributed by atoms with van der Waals surface area (Å²) in [7, 11) is 1.25. The first-order valence-electron chi connectivity index (χ1n) is 7.90. The van der Waals surface area contributed by atoms with Gasteiger partial charge >= 0.3 is 0 Å². The average molecular weight is 367 g/mol. The van der Waals surface area contributed by atoms with Crippen LogP contribution in [0.2, 0.25) is 0 Å². The van der Waals surface area contributed by atoms with E-state index in [0.29, 0.717) is 5.11 Å². The van der Waals surface area contributed by atoms with E-state index >= 15 is 0 Å². The Morgan fingerprint density at radius 3 is 1.24 bits per heavy atom. The minimum Gasteiger partial charge on any atom is -0.365 e. The summed E-state index contributed by atoms with van der Waals surface area (Å²) < 4.78 is 0. The zero-order valence-corrected chi connectivity index (χ0v) is 15.8. The summed E-state index contributed by atoms with van der Waals surface area (Å²) in [6.07, 6.45) is 0. The molecule has 3 aromatic rings. The molecular formula is C20H22N3PS. The molecule has 0 spiro atoms. The molecule has 3 rings (SSSR count). The van der Waals surface area contributed by atoms with Crippen molar-refractivity contribution in [2.75, 3.05) is 7.05 Å². The highest BCUT2D eigenvalue weighted by Crippen LogP contribution is 2.32. The van der Waals surface area contributed by atoms with Gasteiger partial charge < -0.3 is 10.7 Å². The number of thiocarbonyl (C=S) groups is 1. The van der Waals surface area contributed by atoms with Crippen molar-refractivity contribution in [1.29, 1.82) is 0 Å². The van der Waals surface area contributed by atoms with Gasteiger partial charge in [-0.15, -0.1) is 0 Å². The monoisotopic (exact) mass is 367 g/mol. The van der Waals surface area contributed by atoms with Gasteiger partial charge in [0.15, 0.2) is 5.11 Å². The first-order valence-corrected chi connectivity index (χ1v) is 9.65. The predicted octanol–water partition coefficient (Wildman–Crippen LogP) is 2.40. The van der Waals surface area contributed by atoms with E-state index in [1.807, 2.05) is 0 Å². The number of nitrogens with one attached hydrogen (secondary N) is 2. The van der Waals surface area contributed by atoms with Gasteiger partial charge in [-0.3, -0.25) is 0 Å². The highest BCUT2D eigenvalue weighted by atomic mass is 32.1. The quantitative estimate of drug-likeness (QED) is 0.288. The van der Waals surface area contributed by atoms with Crippen molar-refractivity contribution in [2.45, 2.75) is 0 Å². The smallest absolute Gasteiger partial charge is 0.180 e. The molecule has 4 N–H and O–H groups in total. The molecule has 0 unspecified atom stereocenters. The molecule has 0 radical (unpaired) electrons. The zero-order valence-electron chi connectivity index (χ0n) is 14.1. The van der Waals surface area contributed by atoms with Gasteiger partial charge in [-0.05, 0) is 36.1 Å². The predicted molar refractivity (Wildman–Crippen MR) is 114 cm³/mol. The molecule has 0 aliphatic rings. The van der Waals surface area contributed by atoms with Gasteiger partial charge in [0, 0.05) is 7.05 Å². The van der Waals surface area contributed by atoms with Gasteiger partial charge in [0.05, 0.1) is 0 Å². The molecule has 25 heavy (non-hydrogen) atoms. The molecule has 0 saturated heterocycles. The number of benzene rings is 3. The lowest BCUT2D eigenvalue weighted by atomic mass is 10.4. The van der Waals surface area contributed by atoms with Gasteiger partial charge in [-0.2, -0.15) is 0 Å². The normalized spacial score (nSPS) is 9.72. The first kappa shape index (κ1) is 19.1.